The fourth-order valence-electron chi connectivity index (χ4n) is 1.45. The normalized spacial score (nSPS) is 10.1. The van der Waals surface area contributed by atoms with Gasteiger partial charge in [0.15, 0.2) is 5.11 Å². The summed E-state index contributed by atoms with van der Waals surface area (Å²) >= 11 is 5.14. The van der Waals surface area contributed by atoms with Gasteiger partial charge in [-0.25, -0.2) is 4.39 Å². The van der Waals surface area contributed by atoms with Gasteiger partial charge in [-0.1, -0.05) is 0 Å². The van der Waals surface area contributed by atoms with Gasteiger partial charge in [0.1, 0.15) is 5.82 Å². The van der Waals surface area contributed by atoms with Gasteiger partial charge in [0, 0.05) is 18.9 Å². The minimum absolute atomic E-state index is 0.269. The van der Waals surface area contributed by atoms with E-state index in [1.54, 1.807) is 23.0 Å². The largest absolute Gasteiger partial charge is 0.357 e. The van der Waals surface area contributed by atoms with E-state index in [0.717, 1.165) is 11.4 Å². The van der Waals surface area contributed by atoms with Crippen LogP contribution in [0.15, 0.2) is 36.5 Å². The lowest BCUT2D eigenvalue weighted by atomic mass is 10.3. The molecule has 2 aromatic rings. The first-order valence-corrected chi connectivity index (χ1v) is 5.83. The van der Waals surface area contributed by atoms with Gasteiger partial charge in [0.25, 0.3) is 0 Å². The Bertz CT molecular complexity index is 535. The number of thiocarbonyl (C=S) groups is 1. The molecule has 2 N–H and O–H groups in total. The SMILES string of the molecule is Cn1nccc1CNC(=S)Nc1ccc(F)cc1. The molecule has 0 aliphatic rings. The van der Waals surface area contributed by atoms with Gasteiger partial charge in [-0.3, -0.25) is 4.68 Å². The van der Waals surface area contributed by atoms with Crippen molar-refractivity contribution in [2.45, 2.75) is 6.54 Å². The van der Waals surface area contributed by atoms with Gasteiger partial charge in [-0.2, -0.15) is 5.10 Å². The molecule has 18 heavy (non-hydrogen) atoms. The zero-order chi connectivity index (χ0) is 13.0. The lowest BCUT2D eigenvalue weighted by molar-refractivity contribution is 0.628. The van der Waals surface area contributed by atoms with Crippen LogP contribution >= 0.6 is 12.2 Å². The second kappa shape index (κ2) is 5.59. The highest BCUT2D eigenvalue weighted by Gasteiger charge is 2.01. The summed E-state index contributed by atoms with van der Waals surface area (Å²) in [5, 5.41) is 10.6. The fourth-order valence-corrected chi connectivity index (χ4v) is 1.64. The quantitative estimate of drug-likeness (QED) is 0.833. The first-order chi connectivity index (χ1) is 8.65. The minimum Gasteiger partial charge on any atom is -0.357 e. The maximum atomic E-state index is 12.7. The van der Waals surface area contributed by atoms with Crippen molar-refractivity contribution in [3.8, 4) is 0 Å². The first kappa shape index (κ1) is 12.5. The van der Waals surface area contributed by atoms with Gasteiger partial charge < -0.3 is 10.6 Å². The highest BCUT2D eigenvalue weighted by molar-refractivity contribution is 7.80. The van der Waals surface area contributed by atoms with Gasteiger partial charge in [0.2, 0.25) is 0 Å². The van der Waals surface area contributed by atoms with Crippen LogP contribution in [0.4, 0.5) is 10.1 Å². The van der Waals surface area contributed by atoms with Crippen LogP contribution in [0, 0.1) is 5.82 Å². The molecule has 0 spiro atoms. The highest BCUT2D eigenvalue weighted by atomic mass is 32.1. The lowest BCUT2D eigenvalue weighted by Crippen LogP contribution is -2.28. The third kappa shape index (κ3) is 3.27. The molecule has 1 aromatic carbocycles. The lowest BCUT2D eigenvalue weighted by Gasteiger charge is -2.10. The van der Waals surface area contributed by atoms with E-state index in [4.69, 9.17) is 12.2 Å². The molecule has 0 radical (unpaired) electrons. The molecule has 0 amide bonds. The average molecular weight is 264 g/mol. The number of halogens is 1. The molecule has 0 fully saturated rings. The summed E-state index contributed by atoms with van der Waals surface area (Å²) in [6.07, 6.45) is 1.73. The van der Waals surface area contributed by atoms with Crippen LogP contribution in [-0.2, 0) is 13.6 Å². The van der Waals surface area contributed by atoms with E-state index in [1.165, 1.54) is 12.1 Å². The minimum atomic E-state index is -0.269. The van der Waals surface area contributed by atoms with Crippen LogP contribution in [0.25, 0.3) is 0 Å². The van der Waals surface area contributed by atoms with E-state index in [9.17, 15) is 4.39 Å². The number of rotatable bonds is 3. The molecular weight excluding hydrogens is 251 g/mol. The van der Waals surface area contributed by atoms with E-state index in [1.807, 2.05) is 13.1 Å². The Morgan fingerprint density at radius 3 is 2.67 bits per heavy atom. The molecule has 6 heteroatoms. The summed E-state index contributed by atoms with van der Waals surface area (Å²) in [6.45, 7) is 0.587. The van der Waals surface area contributed by atoms with Crippen LogP contribution in [-0.4, -0.2) is 14.9 Å². The van der Waals surface area contributed by atoms with E-state index >= 15 is 0 Å². The number of aromatic nitrogens is 2. The number of hydrogen-bond acceptors (Lipinski definition) is 2. The van der Waals surface area contributed by atoms with Crippen LogP contribution in [0.2, 0.25) is 0 Å². The van der Waals surface area contributed by atoms with E-state index in [2.05, 4.69) is 15.7 Å². The van der Waals surface area contributed by atoms with Crippen molar-refractivity contribution >= 4 is 23.0 Å². The number of benzene rings is 1. The summed E-state index contributed by atoms with van der Waals surface area (Å²) in [5.74, 6) is -0.269. The number of anilines is 1. The predicted molar refractivity (Wildman–Crippen MR) is 72.7 cm³/mol. The fraction of sp³-hybridized carbons (Fsp3) is 0.167. The smallest absolute Gasteiger partial charge is 0.171 e. The third-order valence-electron chi connectivity index (χ3n) is 2.45. The molecule has 1 aromatic heterocycles. The Kier molecular flexibility index (Phi) is 3.88. The monoisotopic (exact) mass is 264 g/mol. The van der Waals surface area contributed by atoms with Crippen molar-refractivity contribution in [3.63, 3.8) is 0 Å². The van der Waals surface area contributed by atoms with Crippen LogP contribution in [0.3, 0.4) is 0 Å². The third-order valence-corrected chi connectivity index (χ3v) is 2.70. The molecule has 1 heterocycles. The Morgan fingerprint density at radius 1 is 1.33 bits per heavy atom. The molecule has 0 aliphatic heterocycles. The predicted octanol–water partition coefficient (Wildman–Crippen LogP) is 2.05. The highest BCUT2D eigenvalue weighted by Crippen LogP contribution is 2.07. The topological polar surface area (TPSA) is 41.9 Å². The zero-order valence-electron chi connectivity index (χ0n) is 9.85. The van der Waals surface area contributed by atoms with Gasteiger partial charge in [-0.15, -0.1) is 0 Å². The molecule has 0 saturated heterocycles. The summed E-state index contributed by atoms with van der Waals surface area (Å²) in [4.78, 5) is 0. The van der Waals surface area contributed by atoms with Crippen molar-refractivity contribution < 1.29 is 4.39 Å². The molecule has 4 nitrogen and oxygen atoms in total. The molecule has 0 unspecified atom stereocenters. The van der Waals surface area contributed by atoms with Crippen molar-refractivity contribution in [3.05, 3.63) is 48.0 Å². The molecular formula is C12H13FN4S. The van der Waals surface area contributed by atoms with Crippen LogP contribution in [0.1, 0.15) is 5.69 Å². The molecule has 0 atom stereocenters. The summed E-state index contributed by atoms with van der Waals surface area (Å²) in [7, 11) is 1.87. The maximum absolute atomic E-state index is 12.7. The van der Waals surface area contributed by atoms with Crippen molar-refractivity contribution in [1.82, 2.24) is 15.1 Å². The molecule has 94 valence electrons. The number of nitrogens with zero attached hydrogens (tertiary/aromatic N) is 2. The number of aryl methyl sites for hydroxylation is 1. The van der Waals surface area contributed by atoms with Crippen LogP contribution < -0.4 is 10.6 Å². The molecule has 0 aliphatic carbocycles. The van der Waals surface area contributed by atoms with Gasteiger partial charge in [0.05, 0.1) is 12.2 Å². The molecule has 0 bridgehead atoms. The molecule has 0 saturated carbocycles. The van der Waals surface area contributed by atoms with E-state index < -0.39 is 0 Å². The standard InChI is InChI=1S/C12H13FN4S/c1-17-11(6-7-15-17)8-14-12(18)16-10-4-2-9(13)3-5-10/h2-7H,8H2,1H3,(H2,14,16,18). The van der Waals surface area contributed by atoms with Gasteiger partial charge >= 0.3 is 0 Å². The Morgan fingerprint density at radius 2 is 2.06 bits per heavy atom. The summed E-state index contributed by atoms with van der Waals surface area (Å²) in [6, 6.07) is 7.94. The Labute approximate surface area is 110 Å². The number of nitrogens with one attached hydrogen (secondary N) is 2. The van der Waals surface area contributed by atoms with Crippen molar-refractivity contribution in [2.24, 2.45) is 7.05 Å². The summed E-state index contributed by atoms with van der Waals surface area (Å²) < 4.78 is 14.5. The van der Waals surface area contributed by atoms with Crippen molar-refractivity contribution in [1.29, 1.82) is 0 Å². The summed E-state index contributed by atoms with van der Waals surface area (Å²) in [5.41, 5.74) is 1.78. The van der Waals surface area contributed by atoms with Crippen molar-refractivity contribution in [2.75, 3.05) is 5.32 Å². The second-order valence-electron chi connectivity index (χ2n) is 3.76. The Hall–Kier alpha value is -1.95. The first-order valence-electron chi connectivity index (χ1n) is 5.42. The Balaban J connectivity index is 1.86. The van der Waals surface area contributed by atoms with Gasteiger partial charge in [-0.05, 0) is 42.5 Å². The maximum Gasteiger partial charge on any atom is 0.171 e. The second-order valence-corrected chi connectivity index (χ2v) is 4.17. The zero-order valence-corrected chi connectivity index (χ0v) is 10.7. The molecule has 2 rings (SSSR count). The van der Waals surface area contributed by atoms with E-state index in [0.29, 0.717) is 11.7 Å². The number of hydrogen-bond donors (Lipinski definition) is 2. The van der Waals surface area contributed by atoms with E-state index in [-0.39, 0.29) is 5.82 Å². The average Bonchev–Trinajstić information content (AvgIpc) is 2.75. The van der Waals surface area contributed by atoms with Crippen LogP contribution in [0.5, 0.6) is 0 Å².